The number of amides is 1. The lowest BCUT2D eigenvalue weighted by atomic mass is 10.0. The molecule has 0 saturated carbocycles. The number of carbonyl (C=O) groups excluding carboxylic acids is 1. The highest BCUT2D eigenvalue weighted by atomic mass is 35.5. The SMILES string of the molecule is CC1CC(NC(=O)c2ccn(-c3c(Cl)cc([N+](=O)[O-])cc3Cl)n2)CCN1.Cl. The molecule has 3 rings (SSSR count). The average Bonchev–Trinajstić information content (AvgIpc) is 3.03. The van der Waals surface area contributed by atoms with Crippen LogP contribution in [0.3, 0.4) is 0 Å². The standard InChI is InChI=1S/C16H17Cl2N5O3.ClH/c1-9-6-10(2-4-19-9)20-16(24)14-3-5-22(21-14)15-12(17)7-11(23(25)26)8-13(15)18;/h3,5,7-10,19H,2,4,6H2,1H3,(H,20,24);1H. The van der Waals surface area contributed by atoms with Crippen LogP contribution < -0.4 is 10.6 Å². The molecule has 0 aliphatic carbocycles. The number of hydrogen-bond donors (Lipinski definition) is 2. The number of nitrogens with zero attached hydrogens (tertiary/aromatic N) is 3. The Labute approximate surface area is 171 Å². The van der Waals surface area contributed by atoms with Crippen LogP contribution in [0.15, 0.2) is 24.4 Å². The van der Waals surface area contributed by atoms with Crippen LogP contribution in [0.1, 0.15) is 30.3 Å². The largest absolute Gasteiger partial charge is 0.348 e. The van der Waals surface area contributed by atoms with E-state index in [0.717, 1.165) is 19.4 Å². The molecule has 0 bridgehead atoms. The predicted molar refractivity (Wildman–Crippen MR) is 105 cm³/mol. The molecule has 2 heterocycles. The molecule has 1 aliphatic heterocycles. The number of nitrogens with one attached hydrogen (secondary N) is 2. The van der Waals surface area contributed by atoms with Crippen molar-refractivity contribution >= 4 is 47.2 Å². The Hall–Kier alpha value is -1.87. The van der Waals surface area contributed by atoms with Gasteiger partial charge in [-0.1, -0.05) is 23.2 Å². The van der Waals surface area contributed by atoms with Crippen molar-refractivity contribution < 1.29 is 9.72 Å². The van der Waals surface area contributed by atoms with Gasteiger partial charge >= 0.3 is 0 Å². The minimum atomic E-state index is -0.580. The maximum absolute atomic E-state index is 12.4. The Kier molecular flexibility index (Phi) is 7.05. The second-order valence-corrected chi connectivity index (χ2v) is 7.03. The third kappa shape index (κ3) is 4.90. The van der Waals surface area contributed by atoms with Crippen LogP contribution >= 0.6 is 35.6 Å². The summed E-state index contributed by atoms with van der Waals surface area (Å²) < 4.78 is 1.34. The molecule has 11 heteroatoms. The fourth-order valence-corrected chi connectivity index (χ4v) is 3.62. The molecule has 2 atom stereocenters. The first kappa shape index (κ1) is 21.4. The third-order valence-electron chi connectivity index (χ3n) is 4.22. The highest BCUT2D eigenvalue weighted by Crippen LogP contribution is 2.32. The van der Waals surface area contributed by atoms with E-state index in [1.165, 1.54) is 16.8 Å². The van der Waals surface area contributed by atoms with Crippen LogP contribution in [-0.2, 0) is 0 Å². The average molecular weight is 435 g/mol. The maximum atomic E-state index is 12.4. The summed E-state index contributed by atoms with van der Waals surface area (Å²) in [6.07, 6.45) is 3.25. The molecule has 146 valence electrons. The highest BCUT2D eigenvalue weighted by molar-refractivity contribution is 6.38. The Balaban J connectivity index is 0.00000261. The normalized spacial score (nSPS) is 19.2. The fraction of sp³-hybridized carbons (Fsp3) is 0.375. The molecule has 1 aromatic carbocycles. The van der Waals surface area contributed by atoms with Crippen molar-refractivity contribution in [2.24, 2.45) is 0 Å². The van der Waals surface area contributed by atoms with Gasteiger partial charge in [0.1, 0.15) is 5.69 Å². The van der Waals surface area contributed by atoms with Gasteiger partial charge in [-0.15, -0.1) is 12.4 Å². The molecule has 0 radical (unpaired) electrons. The summed E-state index contributed by atoms with van der Waals surface area (Å²) in [5, 5.41) is 21.5. The number of halogens is 3. The topological polar surface area (TPSA) is 102 Å². The van der Waals surface area contributed by atoms with Crippen molar-refractivity contribution in [2.75, 3.05) is 6.54 Å². The lowest BCUT2D eigenvalue weighted by molar-refractivity contribution is -0.384. The van der Waals surface area contributed by atoms with Crippen LogP contribution in [-0.4, -0.2) is 39.2 Å². The van der Waals surface area contributed by atoms with Gasteiger partial charge in [0.25, 0.3) is 11.6 Å². The van der Waals surface area contributed by atoms with Crippen molar-refractivity contribution in [2.45, 2.75) is 31.8 Å². The smallest absolute Gasteiger partial charge is 0.272 e. The van der Waals surface area contributed by atoms with Gasteiger partial charge in [-0.3, -0.25) is 14.9 Å². The summed E-state index contributed by atoms with van der Waals surface area (Å²) in [7, 11) is 0. The zero-order valence-electron chi connectivity index (χ0n) is 14.3. The van der Waals surface area contributed by atoms with Crippen molar-refractivity contribution in [3.05, 3.63) is 50.2 Å². The van der Waals surface area contributed by atoms with Crippen molar-refractivity contribution in [3.63, 3.8) is 0 Å². The molecule has 1 amide bonds. The van der Waals surface area contributed by atoms with E-state index in [-0.39, 0.29) is 51.5 Å². The zero-order valence-corrected chi connectivity index (χ0v) is 16.6. The third-order valence-corrected chi connectivity index (χ3v) is 4.80. The summed E-state index contributed by atoms with van der Waals surface area (Å²) in [6.45, 7) is 2.93. The summed E-state index contributed by atoms with van der Waals surface area (Å²) in [5.74, 6) is -0.281. The highest BCUT2D eigenvalue weighted by Gasteiger charge is 2.22. The van der Waals surface area contributed by atoms with E-state index in [2.05, 4.69) is 22.7 Å². The zero-order chi connectivity index (χ0) is 18.8. The van der Waals surface area contributed by atoms with E-state index in [0.29, 0.717) is 6.04 Å². The predicted octanol–water partition coefficient (Wildman–Crippen LogP) is 3.38. The maximum Gasteiger partial charge on any atom is 0.272 e. The van der Waals surface area contributed by atoms with Gasteiger partial charge < -0.3 is 10.6 Å². The van der Waals surface area contributed by atoms with Crippen LogP contribution in [0.25, 0.3) is 5.69 Å². The molecule has 1 aliphatic rings. The number of piperidine rings is 1. The molecule has 2 aromatic rings. The molecule has 0 spiro atoms. The Morgan fingerprint density at radius 2 is 2.07 bits per heavy atom. The first-order valence-corrected chi connectivity index (χ1v) is 8.84. The van der Waals surface area contributed by atoms with Gasteiger partial charge in [-0.25, -0.2) is 4.68 Å². The number of hydrogen-bond acceptors (Lipinski definition) is 5. The number of rotatable bonds is 4. The Morgan fingerprint density at radius 3 is 2.67 bits per heavy atom. The first-order chi connectivity index (χ1) is 12.3. The van der Waals surface area contributed by atoms with Crippen LogP contribution in [0.5, 0.6) is 0 Å². The number of nitro groups is 1. The van der Waals surface area contributed by atoms with Crippen molar-refractivity contribution in [3.8, 4) is 5.69 Å². The molecule has 1 aromatic heterocycles. The summed E-state index contributed by atoms with van der Waals surface area (Å²) >= 11 is 12.2. The molecular formula is C16H18Cl3N5O3. The molecule has 2 unspecified atom stereocenters. The first-order valence-electron chi connectivity index (χ1n) is 8.09. The monoisotopic (exact) mass is 433 g/mol. The van der Waals surface area contributed by atoms with Gasteiger partial charge in [0, 0.05) is 30.4 Å². The van der Waals surface area contributed by atoms with Crippen LogP contribution in [0.4, 0.5) is 5.69 Å². The van der Waals surface area contributed by atoms with Gasteiger partial charge in [0.15, 0.2) is 5.69 Å². The van der Waals surface area contributed by atoms with Crippen molar-refractivity contribution in [1.82, 2.24) is 20.4 Å². The van der Waals surface area contributed by atoms with Crippen LogP contribution in [0.2, 0.25) is 10.0 Å². The number of non-ortho nitro benzene ring substituents is 1. The lowest BCUT2D eigenvalue weighted by Gasteiger charge is -2.28. The number of carbonyl (C=O) groups is 1. The second kappa shape index (κ2) is 8.88. The summed E-state index contributed by atoms with van der Waals surface area (Å²) in [5.41, 5.74) is 0.295. The minimum Gasteiger partial charge on any atom is -0.348 e. The van der Waals surface area contributed by atoms with E-state index >= 15 is 0 Å². The van der Waals surface area contributed by atoms with E-state index in [9.17, 15) is 14.9 Å². The fourth-order valence-electron chi connectivity index (χ4n) is 2.97. The lowest BCUT2D eigenvalue weighted by Crippen LogP contribution is -2.46. The molecule has 1 fully saturated rings. The van der Waals surface area contributed by atoms with Gasteiger partial charge in [-0.05, 0) is 32.4 Å². The Morgan fingerprint density at radius 1 is 1.41 bits per heavy atom. The number of benzene rings is 1. The quantitative estimate of drug-likeness (QED) is 0.567. The molecular weight excluding hydrogens is 417 g/mol. The van der Waals surface area contributed by atoms with E-state index in [1.807, 2.05) is 0 Å². The number of aromatic nitrogens is 2. The van der Waals surface area contributed by atoms with Gasteiger partial charge in [-0.2, -0.15) is 5.10 Å². The van der Waals surface area contributed by atoms with Crippen molar-refractivity contribution in [1.29, 1.82) is 0 Å². The second-order valence-electron chi connectivity index (χ2n) is 6.21. The summed E-state index contributed by atoms with van der Waals surface area (Å²) in [4.78, 5) is 22.7. The molecule has 27 heavy (non-hydrogen) atoms. The van der Waals surface area contributed by atoms with E-state index in [1.54, 1.807) is 12.3 Å². The molecule has 1 saturated heterocycles. The van der Waals surface area contributed by atoms with Gasteiger partial charge in [0.05, 0.1) is 15.0 Å². The molecule has 2 N–H and O–H groups in total. The Bertz CT molecular complexity index is 835. The molecule has 8 nitrogen and oxygen atoms in total. The van der Waals surface area contributed by atoms with Crippen LogP contribution in [0, 0.1) is 10.1 Å². The number of nitro benzene ring substituents is 1. The van der Waals surface area contributed by atoms with E-state index in [4.69, 9.17) is 23.2 Å². The van der Waals surface area contributed by atoms with E-state index < -0.39 is 4.92 Å². The minimum absolute atomic E-state index is 0. The van der Waals surface area contributed by atoms with Gasteiger partial charge in [0.2, 0.25) is 0 Å². The summed E-state index contributed by atoms with van der Waals surface area (Å²) in [6, 6.07) is 4.38.